The van der Waals surface area contributed by atoms with Crippen LogP contribution in [0.5, 0.6) is 0 Å². The van der Waals surface area contributed by atoms with E-state index in [0.717, 1.165) is 6.42 Å². The van der Waals surface area contributed by atoms with Crippen LogP contribution < -0.4 is 5.32 Å². The molecule has 1 rings (SSSR count). The van der Waals surface area contributed by atoms with Gasteiger partial charge in [0.05, 0.1) is 6.54 Å². The van der Waals surface area contributed by atoms with Crippen molar-refractivity contribution in [3.63, 3.8) is 0 Å². The van der Waals surface area contributed by atoms with Gasteiger partial charge in [-0.3, -0.25) is 0 Å². The highest BCUT2D eigenvalue weighted by Gasteiger charge is 2.23. The predicted molar refractivity (Wildman–Crippen MR) is 61.6 cm³/mol. The van der Waals surface area contributed by atoms with E-state index >= 15 is 0 Å². The SMILES string of the molecule is CCCN(C)S(=O)(=O)c1ccc(CNC)o1. The molecule has 0 saturated carbocycles. The minimum Gasteiger partial charge on any atom is -0.447 e. The number of hydrogen-bond acceptors (Lipinski definition) is 4. The monoisotopic (exact) mass is 246 g/mol. The molecule has 6 heteroatoms. The Morgan fingerprint density at radius 2 is 2.12 bits per heavy atom. The number of hydrogen-bond donors (Lipinski definition) is 1. The van der Waals surface area contributed by atoms with Crippen molar-refractivity contribution in [2.24, 2.45) is 0 Å². The van der Waals surface area contributed by atoms with Crippen LogP contribution in [0.1, 0.15) is 19.1 Å². The first-order valence-corrected chi connectivity index (χ1v) is 6.66. The summed E-state index contributed by atoms with van der Waals surface area (Å²) in [5, 5.41) is 2.91. The Kier molecular flexibility index (Phi) is 4.52. The van der Waals surface area contributed by atoms with Crippen molar-refractivity contribution >= 4 is 10.0 Å². The van der Waals surface area contributed by atoms with E-state index in [2.05, 4.69) is 5.32 Å². The van der Waals surface area contributed by atoms with Gasteiger partial charge >= 0.3 is 0 Å². The highest BCUT2D eigenvalue weighted by molar-refractivity contribution is 7.89. The standard InChI is InChI=1S/C10H18N2O3S/c1-4-7-12(3)16(13,14)10-6-5-9(15-10)8-11-2/h5-6,11H,4,7-8H2,1-3H3. The molecule has 0 atom stereocenters. The second kappa shape index (κ2) is 5.47. The normalized spacial score (nSPS) is 12.2. The molecular formula is C10H18N2O3S. The van der Waals surface area contributed by atoms with E-state index in [0.29, 0.717) is 18.8 Å². The van der Waals surface area contributed by atoms with Gasteiger partial charge in [0.1, 0.15) is 5.76 Å². The third-order valence-corrected chi connectivity index (χ3v) is 3.92. The topological polar surface area (TPSA) is 62.6 Å². The molecule has 1 aromatic heterocycles. The van der Waals surface area contributed by atoms with Crippen LogP contribution >= 0.6 is 0 Å². The molecule has 0 spiro atoms. The maximum Gasteiger partial charge on any atom is 0.276 e. The summed E-state index contributed by atoms with van der Waals surface area (Å²) in [5.74, 6) is 0.617. The molecule has 92 valence electrons. The van der Waals surface area contributed by atoms with E-state index in [4.69, 9.17) is 4.42 Å². The fourth-order valence-electron chi connectivity index (χ4n) is 1.35. The summed E-state index contributed by atoms with van der Waals surface area (Å²) in [6.07, 6.45) is 0.778. The lowest BCUT2D eigenvalue weighted by atomic mass is 10.4. The van der Waals surface area contributed by atoms with Crippen molar-refractivity contribution in [3.8, 4) is 0 Å². The summed E-state index contributed by atoms with van der Waals surface area (Å²) in [6, 6.07) is 3.16. The lowest BCUT2D eigenvalue weighted by Gasteiger charge is -2.13. The molecule has 0 aliphatic heterocycles. The summed E-state index contributed by atoms with van der Waals surface area (Å²) in [5.41, 5.74) is 0. The largest absolute Gasteiger partial charge is 0.447 e. The van der Waals surface area contributed by atoms with E-state index in [1.54, 1.807) is 20.2 Å². The fraction of sp³-hybridized carbons (Fsp3) is 0.600. The van der Waals surface area contributed by atoms with Crippen LogP contribution in [0.15, 0.2) is 21.6 Å². The number of nitrogens with zero attached hydrogens (tertiary/aromatic N) is 1. The van der Waals surface area contributed by atoms with Crippen molar-refractivity contribution in [1.82, 2.24) is 9.62 Å². The maximum absolute atomic E-state index is 12.0. The molecule has 0 radical (unpaired) electrons. The van der Waals surface area contributed by atoms with E-state index in [9.17, 15) is 8.42 Å². The van der Waals surface area contributed by atoms with Gasteiger partial charge in [-0.15, -0.1) is 0 Å². The van der Waals surface area contributed by atoms with Crippen molar-refractivity contribution in [2.45, 2.75) is 25.0 Å². The van der Waals surface area contributed by atoms with Crippen molar-refractivity contribution in [2.75, 3.05) is 20.6 Å². The van der Waals surface area contributed by atoms with E-state index in [1.165, 1.54) is 10.4 Å². The van der Waals surface area contributed by atoms with Gasteiger partial charge in [0.15, 0.2) is 0 Å². The van der Waals surface area contributed by atoms with Crippen LogP contribution in [0.2, 0.25) is 0 Å². The first kappa shape index (κ1) is 13.2. The van der Waals surface area contributed by atoms with Crippen LogP contribution in [0, 0.1) is 0 Å². The van der Waals surface area contributed by atoms with Gasteiger partial charge in [-0.25, -0.2) is 8.42 Å². The molecule has 0 fully saturated rings. The van der Waals surface area contributed by atoms with E-state index in [-0.39, 0.29) is 5.09 Å². The molecule has 1 N–H and O–H groups in total. The quantitative estimate of drug-likeness (QED) is 0.814. The van der Waals surface area contributed by atoms with Crippen LogP contribution in [0.3, 0.4) is 0 Å². The zero-order chi connectivity index (χ0) is 12.2. The molecular weight excluding hydrogens is 228 g/mol. The van der Waals surface area contributed by atoms with Crippen molar-refractivity contribution < 1.29 is 12.8 Å². The van der Waals surface area contributed by atoms with Crippen molar-refractivity contribution in [1.29, 1.82) is 0 Å². The Labute approximate surface area is 96.5 Å². The molecule has 0 amide bonds. The molecule has 5 nitrogen and oxygen atoms in total. The van der Waals surface area contributed by atoms with Crippen LogP contribution in [-0.4, -0.2) is 33.4 Å². The third-order valence-electron chi connectivity index (χ3n) is 2.19. The van der Waals surface area contributed by atoms with Crippen LogP contribution in [-0.2, 0) is 16.6 Å². The number of nitrogens with one attached hydrogen (secondary N) is 1. The highest BCUT2D eigenvalue weighted by atomic mass is 32.2. The van der Waals surface area contributed by atoms with Gasteiger partial charge in [0.2, 0.25) is 5.09 Å². The molecule has 0 unspecified atom stereocenters. The lowest BCUT2D eigenvalue weighted by molar-refractivity contribution is 0.383. The zero-order valence-electron chi connectivity index (χ0n) is 9.86. The average Bonchev–Trinajstić information content (AvgIpc) is 2.68. The zero-order valence-corrected chi connectivity index (χ0v) is 10.7. The second-order valence-corrected chi connectivity index (χ2v) is 5.55. The van der Waals surface area contributed by atoms with Gasteiger partial charge in [-0.05, 0) is 25.6 Å². The maximum atomic E-state index is 12.0. The molecule has 0 aromatic carbocycles. The Morgan fingerprint density at radius 1 is 1.44 bits per heavy atom. The Balaban J connectivity index is 2.89. The minimum atomic E-state index is -3.46. The molecule has 16 heavy (non-hydrogen) atoms. The smallest absolute Gasteiger partial charge is 0.276 e. The lowest BCUT2D eigenvalue weighted by Crippen LogP contribution is -2.27. The van der Waals surface area contributed by atoms with Gasteiger partial charge in [0.25, 0.3) is 10.0 Å². The number of sulfonamides is 1. The molecule has 0 aliphatic rings. The van der Waals surface area contributed by atoms with E-state index < -0.39 is 10.0 Å². The van der Waals surface area contributed by atoms with Crippen LogP contribution in [0.25, 0.3) is 0 Å². The third kappa shape index (κ3) is 2.84. The van der Waals surface area contributed by atoms with E-state index in [1.807, 2.05) is 6.92 Å². The van der Waals surface area contributed by atoms with Crippen LogP contribution in [0.4, 0.5) is 0 Å². The summed E-state index contributed by atoms with van der Waals surface area (Å²) >= 11 is 0. The molecule has 0 bridgehead atoms. The van der Waals surface area contributed by atoms with Gasteiger partial charge in [0, 0.05) is 13.6 Å². The highest BCUT2D eigenvalue weighted by Crippen LogP contribution is 2.17. The minimum absolute atomic E-state index is 0.00806. The Morgan fingerprint density at radius 3 is 2.69 bits per heavy atom. The van der Waals surface area contributed by atoms with Gasteiger partial charge < -0.3 is 9.73 Å². The second-order valence-electron chi connectivity index (χ2n) is 3.58. The number of furan rings is 1. The van der Waals surface area contributed by atoms with Gasteiger partial charge in [-0.2, -0.15) is 4.31 Å². The number of rotatable bonds is 6. The Hall–Kier alpha value is -0.850. The summed E-state index contributed by atoms with van der Waals surface area (Å²) < 4.78 is 30.5. The summed E-state index contributed by atoms with van der Waals surface area (Å²) in [4.78, 5) is 0. The molecule has 1 heterocycles. The Bertz CT molecular complexity index is 425. The average molecular weight is 246 g/mol. The van der Waals surface area contributed by atoms with Crippen molar-refractivity contribution in [3.05, 3.63) is 17.9 Å². The molecule has 0 aliphatic carbocycles. The molecule has 0 saturated heterocycles. The fourth-order valence-corrected chi connectivity index (χ4v) is 2.54. The van der Waals surface area contributed by atoms with Gasteiger partial charge in [-0.1, -0.05) is 6.92 Å². The first-order valence-electron chi connectivity index (χ1n) is 5.22. The molecule has 1 aromatic rings. The predicted octanol–water partition coefficient (Wildman–Crippen LogP) is 1.03. The first-order chi connectivity index (χ1) is 7.52. The summed E-state index contributed by atoms with van der Waals surface area (Å²) in [7, 11) is -0.127. The summed E-state index contributed by atoms with van der Waals surface area (Å²) in [6.45, 7) is 2.94.